The molecule has 1 fully saturated rings. The molecule has 7 heteroatoms. The lowest BCUT2D eigenvalue weighted by Gasteiger charge is -2.33. The number of amides is 1. The first kappa shape index (κ1) is 59.3. The molecule has 0 saturated heterocycles. The summed E-state index contributed by atoms with van der Waals surface area (Å²) in [5.74, 6) is 1.46. The number of ether oxygens (including phenoxy) is 1. The molecule has 0 spiro atoms. The summed E-state index contributed by atoms with van der Waals surface area (Å²) in [4.78, 5) is 18.2. The molecule has 0 heterocycles. The first-order valence-electron chi connectivity index (χ1n) is 28.1. The predicted octanol–water partition coefficient (Wildman–Crippen LogP) is 14.6. The molecule has 3 N–H and O–H groups in total. The van der Waals surface area contributed by atoms with Gasteiger partial charge >= 0.3 is 0 Å². The fraction of sp³-hybridized carbons (Fsp3) is 0.982. The van der Waals surface area contributed by atoms with Gasteiger partial charge in [-0.2, -0.15) is 0 Å². The average molecular weight is 879 g/mol. The van der Waals surface area contributed by atoms with Crippen molar-refractivity contribution in [1.82, 2.24) is 15.1 Å². The largest absolute Gasteiger partial charge is 0.395 e. The van der Waals surface area contributed by atoms with Crippen LogP contribution in [0.25, 0.3) is 0 Å². The van der Waals surface area contributed by atoms with Gasteiger partial charge in [-0.3, -0.25) is 9.69 Å². The Morgan fingerprint density at radius 3 is 1.52 bits per heavy atom. The van der Waals surface area contributed by atoms with E-state index < -0.39 is 6.29 Å². The second-order valence-electron chi connectivity index (χ2n) is 20.0. The molecule has 1 saturated carbocycles. The predicted molar refractivity (Wildman–Crippen MR) is 269 cm³/mol. The van der Waals surface area contributed by atoms with Crippen LogP contribution in [0.3, 0.4) is 0 Å². The van der Waals surface area contributed by atoms with E-state index in [4.69, 9.17) is 4.74 Å². The van der Waals surface area contributed by atoms with Crippen LogP contribution in [0.15, 0.2) is 0 Å². The van der Waals surface area contributed by atoms with Gasteiger partial charge in [0.2, 0.25) is 5.91 Å². The maximum atomic E-state index is 13.0. The maximum Gasteiger partial charge on any atom is 0.220 e. The van der Waals surface area contributed by atoms with Crippen molar-refractivity contribution in [3.63, 3.8) is 0 Å². The summed E-state index contributed by atoms with van der Waals surface area (Å²) < 4.78 is 6.10. The summed E-state index contributed by atoms with van der Waals surface area (Å²) in [6.07, 6.45) is 46.5. The zero-order valence-electron chi connectivity index (χ0n) is 42.4. The van der Waals surface area contributed by atoms with Crippen LogP contribution in [0.4, 0.5) is 0 Å². The number of hydrogen-bond acceptors (Lipinski definition) is 6. The highest BCUT2D eigenvalue weighted by Crippen LogP contribution is 2.23. The van der Waals surface area contributed by atoms with E-state index in [0.717, 1.165) is 84.2 Å². The van der Waals surface area contributed by atoms with E-state index in [2.05, 4.69) is 42.8 Å². The highest BCUT2D eigenvalue weighted by molar-refractivity contribution is 5.75. The standard InChI is InChI=1S/C55H111N3O4/c1-5-9-13-17-19-27-36-51(35-25-15-11-7-3)49-56-54(60)41-31-23-33-43-57(45-46-58(47-48-59)53-39-29-21-22-30-40-53)44-34-24-32-42-55(61)62-50-52(37-26-16-12-8-4)38-28-20-18-14-10-6-2/h51-53,55,59,61H,5-50H2,1-4H3,(H,56,60). The molecule has 0 aliphatic heterocycles. The molecule has 0 bridgehead atoms. The molecule has 7 nitrogen and oxygen atoms in total. The van der Waals surface area contributed by atoms with E-state index >= 15 is 0 Å². The van der Waals surface area contributed by atoms with Crippen LogP contribution in [0.2, 0.25) is 0 Å². The lowest BCUT2D eigenvalue weighted by atomic mass is 9.94. The molecule has 3 atom stereocenters. The number of hydrogen-bond donors (Lipinski definition) is 3. The van der Waals surface area contributed by atoms with Crippen molar-refractivity contribution in [3.8, 4) is 0 Å². The van der Waals surface area contributed by atoms with Gasteiger partial charge in [0, 0.05) is 38.6 Å². The number of aliphatic hydroxyl groups is 2. The molecule has 0 aromatic rings. The SMILES string of the molecule is CCCCCCCCC(CCCCCC)CNC(=O)CCCCCN(CCCCCC(O)OCC(CCCCCC)CCCCCCCC)CCN(CCO)C1CCCCCC1. The Morgan fingerprint density at radius 1 is 0.532 bits per heavy atom. The van der Waals surface area contributed by atoms with Crippen LogP contribution in [-0.4, -0.2) is 90.7 Å². The van der Waals surface area contributed by atoms with E-state index in [1.165, 1.54) is 193 Å². The van der Waals surface area contributed by atoms with Crippen molar-refractivity contribution < 1.29 is 19.7 Å². The second-order valence-corrected chi connectivity index (χ2v) is 20.0. The van der Waals surface area contributed by atoms with E-state index in [1.807, 2.05) is 0 Å². The molecule has 370 valence electrons. The van der Waals surface area contributed by atoms with Gasteiger partial charge in [0.05, 0.1) is 13.2 Å². The third-order valence-electron chi connectivity index (χ3n) is 14.2. The monoisotopic (exact) mass is 878 g/mol. The zero-order chi connectivity index (χ0) is 45.0. The molecule has 1 aliphatic rings. The Bertz CT molecular complexity index is 915. The lowest BCUT2D eigenvalue weighted by Crippen LogP contribution is -2.43. The highest BCUT2D eigenvalue weighted by Gasteiger charge is 2.21. The average Bonchev–Trinajstić information content (AvgIpc) is 3.57. The summed E-state index contributed by atoms with van der Waals surface area (Å²) in [7, 11) is 0. The molecule has 1 rings (SSSR count). The summed E-state index contributed by atoms with van der Waals surface area (Å²) in [5.41, 5.74) is 0. The summed E-state index contributed by atoms with van der Waals surface area (Å²) >= 11 is 0. The third-order valence-corrected chi connectivity index (χ3v) is 14.2. The van der Waals surface area contributed by atoms with Gasteiger partial charge in [-0.1, -0.05) is 195 Å². The number of carbonyl (C=O) groups excluding carboxylic acids is 1. The minimum Gasteiger partial charge on any atom is -0.395 e. The fourth-order valence-corrected chi connectivity index (χ4v) is 9.95. The number of carbonyl (C=O) groups is 1. The van der Waals surface area contributed by atoms with E-state index in [9.17, 15) is 15.0 Å². The topological polar surface area (TPSA) is 85.3 Å². The van der Waals surface area contributed by atoms with Gasteiger partial charge in [0.15, 0.2) is 6.29 Å². The molecule has 0 aromatic heterocycles. The van der Waals surface area contributed by atoms with Crippen molar-refractivity contribution in [1.29, 1.82) is 0 Å². The molecular weight excluding hydrogens is 767 g/mol. The van der Waals surface area contributed by atoms with E-state index in [1.54, 1.807) is 0 Å². The van der Waals surface area contributed by atoms with Crippen molar-refractivity contribution >= 4 is 5.91 Å². The van der Waals surface area contributed by atoms with Gasteiger partial charge in [-0.15, -0.1) is 0 Å². The first-order valence-corrected chi connectivity index (χ1v) is 28.1. The van der Waals surface area contributed by atoms with Crippen LogP contribution in [0.1, 0.15) is 272 Å². The third kappa shape index (κ3) is 36.5. The van der Waals surface area contributed by atoms with Gasteiger partial charge in [-0.05, 0) is 95.6 Å². The van der Waals surface area contributed by atoms with Crippen molar-refractivity contribution in [2.45, 2.75) is 284 Å². The number of rotatable bonds is 47. The highest BCUT2D eigenvalue weighted by atomic mass is 16.6. The van der Waals surface area contributed by atoms with Crippen molar-refractivity contribution in [2.75, 3.05) is 52.5 Å². The number of unbranched alkanes of at least 4 members (excludes halogenated alkanes) is 20. The van der Waals surface area contributed by atoms with Crippen LogP contribution >= 0.6 is 0 Å². The Balaban J connectivity index is 2.58. The number of nitrogens with zero attached hydrogens (tertiary/aromatic N) is 2. The van der Waals surface area contributed by atoms with Crippen LogP contribution in [-0.2, 0) is 9.53 Å². The zero-order valence-corrected chi connectivity index (χ0v) is 42.4. The maximum absolute atomic E-state index is 13.0. The van der Waals surface area contributed by atoms with Gasteiger partial charge in [-0.25, -0.2) is 0 Å². The molecule has 0 radical (unpaired) electrons. The van der Waals surface area contributed by atoms with Crippen LogP contribution in [0, 0.1) is 11.8 Å². The molecule has 3 unspecified atom stereocenters. The Kier molecular flexibility index (Phi) is 43.4. The van der Waals surface area contributed by atoms with E-state index in [0.29, 0.717) is 30.9 Å². The lowest BCUT2D eigenvalue weighted by molar-refractivity contribution is -0.121. The second kappa shape index (κ2) is 45.4. The number of nitrogens with one attached hydrogen (secondary N) is 1. The minimum atomic E-state index is -0.644. The molecular formula is C55H111N3O4. The molecule has 1 aliphatic carbocycles. The van der Waals surface area contributed by atoms with E-state index in [-0.39, 0.29) is 12.5 Å². The van der Waals surface area contributed by atoms with Crippen molar-refractivity contribution in [3.05, 3.63) is 0 Å². The smallest absolute Gasteiger partial charge is 0.220 e. The Labute approximate surface area is 387 Å². The minimum absolute atomic E-state index is 0.236. The van der Waals surface area contributed by atoms with Gasteiger partial charge in [0.25, 0.3) is 0 Å². The van der Waals surface area contributed by atoms with Gasteiger partial charge in [0.1, 0.15) is 0 Å². The molecule has 1 amide bonds. The van der Waals surface area contributed by atoms with Crippen LogP contribution in [0.5, 0.6) is 0 Å². The Morgan fingerprint density at radius 2 is 0.984 bits per heavy atom. The summed E-state index contributed by atoms with van der Waals surface area (Å²) in [5, 5.41) is 24.2. The quantitative estimate of drug-likeness (QED) is 0.0321. The van der Waals surface area contributed by atoms with Gasteiger partial charge < -0.3 is 25.2 Å². The summed E-state index contributed by atoms with van der Waals surface area (Å²) in [6.45, 7) is 15.9. The number of aliphatic hydroxyl groups excluding tert-OH is 2. The normalized spacial score (nSPS) is 15.4. The van der Waals surface area contributed by atoms with Crippen molar-refractivity contribution in [2.24, 2.45) is 11.8 Å². The summed E-state index contributed by atoms with van der Waals surface area (Å²) in [6, 6.07) is 0.606. The molecule has 0 aromatic carbocycles. The van der Waals surface area contributed by atoms with Crippen LogP contribution < -0.4 is 5.32 Å². The Hall–Kier alpha value is -0.730. The first-order chi connectivity index (χ1) is 30.5. The molecule has 62 heavy (non-hydrogen) atoms. The fourth-order valence-electron chi connectivity index (χ4n) is 9.95.